The first kappa shape index (κ1) is 17.0. The molecule has 0 saturated heterocycles. The fraction of sp³-hybridized carbons (Fsp3) is 0.952. The van der Waals surface area contributed by atoms with Gasteiger partial charge in [-0.15, -0.1) is 0 Å². The van der Waals surface area contributed by atoms with Gasteiger partial charge in [0.15, 0.2) is 0 Å². The van der Waals surface area contributed by atoms with Gasteiger partial charge >= 0.3 is 0 Å². The Hall–Kier alpha value is -0.410. The van der Waals surface area contributed by atoms with Crippen molar-refractivity contribution in [2.75, 3.05) is 6.61 Å². The number of rotatable bonds is 2. The van der Waals surface area contributed by atoms with Crippen molar-refractivity contribution in [3.05, 3.63) is 0 Å². The minimum atomic E-state index is -0.313. The van der Waals surface area contributed by atoms with E-state index < -0.39 is 0 Å². The van der Waals surface area contributed by atoms with Gasteiger partial charge in [0.25, 0.3) is 0 Å². The first-order valence-corrected chi connectivity index (χ1v) is 10.2. The summed E-state index contributed by atoms with van der Waals surface area (Å²) in [5, 5.41) is 11.2. The summed E-state index contributed by atoms with van der Waals surface area (Å²) in [7, 11) is 0. The lowest BCUT2D eigenvalue weighted by Gasteiger charge is -2.61. The standard InChI is InChI=1S/C21H34O3/c1-4-24-14-7-5-13-6-8-15-16-9-10-18(23)21(16,3)12-17(22)19(15)20(13,2)11-14/h13-17,19,22H,4-12H2,1-3H3. The molecule has 0 radical (unpaired) electrons. The van der Waals surface area contributed by atoms with Gasteiger partial charge in [-0.1, -0.05) is 13.8 Å². The number of aliphatic hydroxyl groups is 1. The monoisotopic (exact) mass is 334 g/mol. The molecule has 136 valence electrons. The smallest absolute Gasteiger partial charge is 0.139 e. The van der Waals surface area contributed by atoms with Gasteiger partial charge < -0.3 is 9.84 Å². The van der Waals surface area contributed by atoms with E-state index in [0.29, 0.717) is 36.1 Å². The van der Waals surface area contributed by atoms with E-state index in [1.165, 1.54) is 25.7 Å². The van der Waals surface area contributed by atoms with Gasteiger partial charge in [0.1, 0.15) is 5.78 Å². The zero-order chi connectivity index (χ0) is 17.1. The Morgan fingerprint density at radius 3 is 2.62 bits per heavy atom. The Morgan fingerprint density at radius 1 is 1.12 bits per heavy atom. The number of hydrogen-bond donors (Lipinski definition) is 1. The highest BCUT2D eigenvalue weighted by Crippen LogP contribution is 2.65. The zero-order valence-corrected chi connectivity index (χ0v) is 15.6. The molecule has 4 rings (SSSR count). The Morgan fingerprint density at radius 2 is 1.88 bits per heavy atom. The number of ketones is 1. The van der Waals surface area contributed by atoms with Crippen LogP contribution in [0.4, 0.5) is 0 Å². The Bertz CT molecular complexity index is 517. The Kier molecular flexibility index (Phi) is 4.12. The van der Waals surface area contributed by atoms with Gasteiger partial charge in [0.05, 0.1) is 12.2 Å². The summed E-state index contributed by atoms with van der Waals surface area (Å²) in [5.74, 6) is 2.54. The summed E-state index contributed by atoms with van der Waals surface area (Å²) in [6.07, 6.45) is 8.56. The van der Waals surface area contributed by atoms with Crippen LogP contribution >= 0.6 is 0 Å². The quantitative estimate of drug-likeness (QED) is 0.831. The first-order chi connectivity index (χ1) is 11.4. The molecule has 0 spiro atoms. The molecule has 4 fully saturated rings. The fourth-order valence-corrected chi connectivity index (χ4v) is 7.59. The van der Waals surface area contributed by atoms with E-state index in [4.69, 9.17) is 4.74 Å². The molecule has 0 aromatic carbocycles. The lowest BCUT2D eigenvalue weighted by atomic mass is 9.44. The van der Waals surface area contributed by atoms with Crippen LogP contribution in [0.15, 0.2) is 0 Å². The minimum absolute atomic E-state index is 0.188. The van der Waals surface area contributed by atoms with Crippen LogP contribution in [0.5, 0.6) is 0 Å². The van der Waals surface area contributed by atoms with Gasteiger partial charge in [-0.05, 0) is 81.0 Å². The van der Waals surface area contributed by atoms with E-state index in [2.05, 4.69) is 20.8 Å². The van der Waals surface area contributed by atoms with Gasteiger partial charge in [0, 0.05) is 18.4 Å². The van der Waals surface area contributed by atoms with E-state index >= 15 is 0 Å². The molecule has 0 heterocycles. The second-order valence-corrected chi connectivity index (χ2v) is 9.59. The maximum Gasteiger partial charge on any atom is 0.139 e. The van der Waals surface area contributed by atoms with Crippen molar-refractivity contribution in [1.82, 2.24) is 0 Å². The molecule has 0 aromatic rings. The molecule has 3 heteroatoms. The van der Waals surface area contributed by atoms with Crippen molar-refractivity contribution in [3.63, 3.8) is 0 Å². The number of carbonyl (C=O) groups is 1. The molecule has 4 aliphatic carbocycles. The molecule has 8 atom stereocenters. The van der Waals surface area contributed by atoms with Crippen LogP contribution in [-0.4, -0.2) is 29.7 Å². The van der Waals surface area contributed by atoms with Crippen molar-refractivity contribution >= 4 is 5.78 Å². The van der Waals surface area contributed by atoms with Crippen molar-refractivity contribution in [1.29, 1.82) is 0 Å². The summed E-state index contributed by atoms with van der Waals surface area (Å²) in [6.45, 7) is 7.45. The number of ether oxygens (including phenoxy) is 1. The average molecular weight is 335 g/mol. The molecule has 4 aliphatic rings. The van der Waals surface area contributed by atoms with Crippen LogP contribution in [0.1, 0.15) is 72.1 Å². The average Bonchev–Trinajstić information content (AvgIpc) is 2.81. The highest BCUT2D eigenvalue weighted by atomic mass is 16.5. The van der Waals surface area contributed by atoms with E-state index in [0.717, 1.165) is 31.8 Å². The van der Waals surface area contributed by atoms with Crippen molar-refractivity contribution in [2.45, 2.75) is 84.3 Å². The summed E-state index contributed by atoms with van der Waals surface area (Å²) < 4.78 is 6.00. The molecule has 4 saturated carbocycles. The van der Waals surface area contributed by atoms with E-state index in [-0.39, 0.29) is 16.9 Å². The number of aliphatic hydroxyl groups excluding tert-OH is 1. The molecule has 0 aromatic heterocycles. The predicted molar refractivity (Wildman–Crippen MR) is 93.5 cm³/mol. The van der Waals surface area contributed by atoms with E-state index in [1.54, 1.807) is 0 Å². The van der Waals surface area contributed by atoms with Crippen LogP contribution in [0.2, 0.25) is 0 Å². The molecule has 0 aliphatic heterocycles. The molecule has 0 amide bonds. The molecular weight excluding hydrogens is 300 g/mol. The normalized spacial score (nSPS) is 54.1. The van der Waals surface area contributed by atoms with Gasteiger partial charge in [-0.2, -0.15) is 0 Å². The SMILES string of the molecule is CCOC1CCC2CCC3C4CCC(=O)C4(C)CC(O)C3C2(C)C1. The lowest BCUT2D eigenvalue weighted by molar-refractivity contribution is -0.181. The molecule has 1 N–H and O–H groups in total. The highest BCUT2D eigenvalue weighted by Gasteiger charge is 2.63. The molecule has 3 nitrogen and oxygen atoms in total. The molecule has 24 heavy (non-hydrogen) atoms. The number of carbonyl (C=O) groups excluding carboxylic acids is 1. The summed E-state index contributed by atoms with van der Waals surface area (Å²) in [6, 6.07) is 0. The lowest BCUT2D eigenvalue weighted by Crippen LogP contribution is -2.59. The van der Waals surface area contributed by atoms with Crippen molar-refractivity contribution in [2.24, 2.45) is 34.5 Å². The van der Waals surface area contributed by atoms with Crippen LogP contribution in [0, 0.1) is 34.5 Å². The Labute approximate surface area is 146 Å². The first-order valence-electron chi connectivity index (χ1n) is 10.2. The van der Waals surface area contributed by atoms with Crippen LogP contribution in [-0.2, 0) is 9.53 Å². The molecular formula is C21H34O3. The topological polar surface area (TPSA) is 46.5 Å². The third-order valence-electron chi connectivity index (χ3n) is 8.61. The molecule has 8 unspecified atom stereocenters. The largest absolute Gasteiger partial charge is 0.393 e. The highest BCUT2D eigenvalue weighted by molar-refractivity contribution is 5.87. The maximum atomic E-state index is 12.5. The summed E-state index contributed by atoms with van der Waals surface area (Å²) >= 11 is 0. The fourth-order valence-electron chi connectivity index (χ4n) is 7.59. The number of Topliss-reactive ketones (excluding diaryl/α,β-unsaturated/α-hetero) is 1. The summed E-state index contributed by atoms with van der Waals surface area (Å²) in [5.41, 5.74) is -0.0643. The van der Waals surface area contributed by atoms with Crippen LogP contribution in [0.3, 0.4) is 0 Å². The Balaban J connectivity index is 1.65. The van der Waals surface area contributed by atoms with Gasteiger partial charge in [-0.3, -0.25) is 4.79 Å². The van der Waals surface area contributed by atoms with Crippen molar-refractivity contribution in [3.8, 4) is 0 Å². The van der Waals surface area contributed by atoms with Crippen molar-refractivity contribution < 1.29 is 14.6 Å². The van der Waals surface area contributed by atoms with Gasteiger partial charge in [-0.25, -0.2) is 0 Å². The third-order valence-corrected chi connectivity index (χ3v) is 8.61. The number of fused-ring (bicyclic) bond motifs is 5. The van der Waals surface area contributed by atoms with E-state index in [1.807, 2.05) is 0 Å². The van der Waals surface area contributed by atoms with E-state index in [9.17, 15) is 9.90 Å². The summed E-state index contributed by atoms with van der Waals surface area (Å²) in [4.78, 5) is 12.5. The second kappa shape index (κ2) is 5.81. The predicted octanol–water partition coefficient (Wildman–Crippen LogP) is 3.97. The van der Waals surface area contributed by atoms with Gasteiger partial charge in [0.2, 0.25) is 0 Å². The minimum Gasteiger partial charge on any atom is -0.393 e. The second-order valence-electron chi connectivity index (χ2n) is 9.59. The van der Waals surface area contributed by atoms with Crippen LogP contribution in [0.25, 0.3) is 0 Å². The molecule has 0 bridgehead atoms. The van der Waals surface area contributed by atoms with Crippen LogP contribution < -0.4 is 0 Å². The third kappa shape index (κ3) is 2.26. The number of hydrogen-bond acceptors (Lipinski definition) is 3. The zero-order valence-electron chi connectivity index (χ0n) is 15.6. The maximum absolute atomic E-state index is 12.5.